The van der Waals surface area contributed by atoms with Crippen LogP contribution in [0.3, 0.4) is 0 Å². The lowest BCUT2D eigenvalue weighted by Crippen LogP contribution is -2.30. The molecule has 1 amide bonds. The summed E-state index contributed by atoms with van der Waals surface area (Å²) in [5, 5.41) is 15.9. The second-order valence-electron chi connectivity index (χ2n) is 6.26. The molecule has 0 spiro atoms. The second-order valence-corrected chi connectivity index (χ2v) is 7.21. The molecule has 0 bridgehead atoms. The first-order valence-corrected chi connectivity index (χ1v) is 9.88. The van der Waals surface area contributed by atoms with E-state index in [1.54, 1.807) is 49.9 Å². The molecular formula is C20H19N5O4S. The zero-order chi connectivity index (χ0) is 21.1. The molecule has 1 unspecified atom stereocenters. The first kappa shape index (κ1) is 19.6. The van der Waals surface area contributed by atoms with Gasteiger partial charge >= 0.3 is 0 Å². The van der Waals surface area contributed by atoms with Crippen molar-refractivity contribution in [2.45, 2.75) is 13.0 Å². The van der Waals surface area contributed by atoms with E-state index in [1.165, 1.54) is 11.3 Å². The maximum Gasteiger partial charge on any atom is 0.266 e. The number of nitrogens with one attached hydrogen (secondary N) is 1. The van der Waals surface area contributed by atoms with Crippen molar-refractivity contribution >= 4 is 27.3 Å². The van der Waals surface area contributed by atoms with E-state index in [9.17, 15) is 4.79 Å². The van der Waals surface area contributed by atoms with Crippen molar-refractivity contribution < 1.29 is 19.0 Å². The SMILES string of the molecule is COc1ccc(-c2nnc3sc(NC(=O)C(C)Oc4ccccc4)nn23)cc1OC. The Morgan fingerprint density at radius 2 is 1.83 bits per heavy atom. The summed E-state index contributed by atoms with van der Waals surface area (Å²) in [5.74, 6) is 2.02. The van der Waals surface area contributed by atoms with Gasteiger partial charge in [-0.2, -0.15) is 4.52 Å². The number of benzene rings is 2. The van der Waals surface area contributed by atoms with Crippen LogP contribution in [0.4, 0.5) is 5.13 Å². The summed E-state index contributed by atoms with van der Waals surface area (Å²) >= 11 is 1.22. The molecule has 154 valence electrons. The predicted octanol–water partition coefficient (Wildman–Crippen LogP) is 3.28. The number of carbonyl (C=O) groups excluding carboxylic acids is 1. The van der Waals surface area contributed by atoms with Crippen LogP contribution in [0.2, 0.25) is 0 Å². The third kappa shape index (κ3) is 3.90. The van der Waals surface area contributed by atoms with E-state index < -0.39 is 6.10 Å². The van der Waals surface area contributed by atoms with Gasteiger partial charge in [-0.3, -0.25) is 10.1 Å². The molecule has 4 aromatic rings. The van der Waals surface area contributed by atoms with Crippen LogP contribution in [-0.2, 0) is 4.79 Å². The predicted molar refractivity (Wildman–Crippen MR) is 112 cm³/mol. The van der Waals surface area contributed by atoms with E-state index in [0.29, 0.717) is 33.2 Å². The average molecular weight is 425 g/mol. The van der Waals surface area contributed by atoms with E-state index in [0.717, 1.165) is 5.56 Å². The van der Waals surface area contributed by atoms with E-state index >= 15 is 0 Å². The number of carbonyl (C=O) groups is 1. The maximum atomic E-state index is 12.5. The Kier molecular flexibility index (Phi) is 5.48. The third-order valence-electron chi connectivity index (χ3n) is 4.29. The zero-order valence-corrected chi connectivity index (χ0v) is 17.3. The lowest BCUT2D eigenvalue weighted by molar-refractivity contribution is -0.122. The first-order valence-electron chi connectivity index (χ1n) is 9.06. The smallest absolute Gasteiger partial charge is 0.266 e. The second kappa shape index (κ2) is 8.37. The van der Waals surface area contributed by atoms with Crippen LogP contribution in [0.25, 0.3) is 16.3 Å². The van der Waals surface area contributed by atoms with Crippen LogP contribution < -0.4 is 19.5 Å². The maximum absolute atomic E-state index is 12.5. The highest BCUT2D eigenvalue weighted by molar-refractivity contribution is 7.20. The lowest BCUT2D eigenvalue weighted by Gasteiger charge is -2.13. The Morgan fingerprint density at radius 1 is 1.07 bits per heavy atom. The van der Waals surface area contributed by atoms with E-state index in [1.807, 2.05) is 24.3 Å². The number of nitrogens with zero attached hydrogens (tertiary/aromatic N) is 4. The Bertz CT molecular complexity index is 1170. The van der Waals surface area contributed by atoms with Gasteiger partial charge < -0.3 is 14.2 Å². The summed E-state index contributed by atoms with van der Waals surface area (Å²) in [6, 6.07) is 14.6. The molecule has 4 rings (SSSR count). The fourth-order valence-corrected chi connectivity index (χ4v) is 3.53. The van der Waals surface area contributed by atoms with Crippen molar-refractivity contribution in [2.75, 3.05) is 19.5 Å². The molecule has 0 saturated carbocycles. The quantitative estimate of drug-likeness (QED) is 0.485. The number of rotatable bonds is 7. The summed E-state index contributed by atoms with van der Waals surface area (Å²) < 4.78 is 17.8. The number of para-hydroxylation sites is 1. The third-order valence-corrected chi connectivity index (χ3v) is 5.10. The summed E-state index contributed by atoms with van der Waals surface area (Å²) in [7, 11) is 3.14. The van der Waals surface area contributed by atoms with Crippen molar-refractivity contribution in [1.29, 1.82) is 0 Å². The molecule has 10 heteroatoms. The monoisotopic (exact) mass is 425 g/mol. The molecule has 0 saturated heterocycles. The van der Waals surface area contributed by atoms with Gasteiger partial charge in [-0.05, 0) is 37.3 Å². The van der Waals surface area contributed by atoms with Crippen LogP contribution in [0.15, 0.2) is 48.5 Å². The molecule has 30 heavy (non-hydrogen) atoms. The molecule has 2 aromatic carbocycles. The summed E-state index contributed by atoms with van der Waals surface area (Å²) in [6.07, 6.45) is -0.688. The molecular weight excluding hydrogens is 406 g/mol. The zero-order valence-electron chi connectivity index (χ0n) is 16.5. The highest BCUT2D eigenvalue weighted by Crippen LogP contribution is 2.32. The number of ether oxygens (including phenoxy) is 3. The van der Waals surface area contributed by atoms with Crippen LogP contribution in [-0.4, -0.2) is 46.0 Å². The molecule has 2 aromatic heterocycles. The number of aromatic nitrogens is 4. The fraction of sp³-hybridized carbons (Fsp3) is 0.200. The molecule has 9 nitrogen and oxygen atoms in total. The van der Waals surface area contributed by atoms with Crippen molar-refractivity contribution in [3.63, 3.8) is 0 Å². The highest BCUT2D eigenvalue weighted by Gasteiger charge is 2.19. The number of amides is 1. The van der Waals surface area contributed by atoms with Crippen molar-refractivity contribution in [3.8, 4) is 28.6 Å². The summed E-state index contributed by atoms with van der Waals surface area (Å²) in [6.45, 7) is 1.68. The number of anilines is 1. The Labute approximate surface area is 176 Å². The van der Waals surface area contributed by atoms with Gasteiger partial charge in [0.15, 0.2) is 23.4 Å². The van der Waals surface area contributed by atoms with Gasteiger partial charge in [0, 0.05) is 5.56 Å². The van der Waals surface area contributed by atoms with Gasteiger partial charge in [0.25, 0.3) is 5.91 Å². The molecule has 0 aliphatic carbocycles. The molecule has 0 aliphatic heterocycles. The summed E-state index contributed by atoms with van der Waals surface area (Å²) in [4.78, 5) is 13.0. The van der Waals surface area contributed by atoms with Gasteiger partial charge in [-0.25, -0.2) is 0 Å². The largest absolute Gasteiger partial charge is 0.493 e. The Morgan fingerprint density at radius 3 is 2.57 bits per heavy atom. The number of hydrogen-bond acceptors (Lipinski definition) is 8. The standard InChI is InChI=1S/C20H19N5O4S/c1-12(29-14-7-5-4-6-8-14)18(26)21-19-24-25-17(22-23-20(25)30-19)13-9-10-15(27-2)16(11-13)28-3/h4-12H,1-3H3,(H,21,24,26). The number of methoxy groups -OCH3 is 2. The van der Waals surface area contributed by atoms with Gasteiger partial charge in [0.05, 0.1) is 14.2 Å². The summed E-state index contributed by atoms with van der Waals surface area (Å²) in [5.41, 5.74) is 0.754. The van der Waals surface area contributed by atoms with Crippen molar-refractivity contribution in [1.82, 2.24) is 19.8 Å². The number of hydrogen-bond donors (Lipinski definition) is 1. The minimum Gasteiger partial charge on any atom is -0.493 e. The Balaban J connectivity index is 1.54. The topological polar surface area (TPSA) is 99.9 Å². The fourth-order valence-electron chi connectivity index (χ4n) is 2.79. The molecule has 1 atom stereocenters. The first-order chi connectivity index (χ1) is 14.6. The van der Waals surface area contributed by atoms with E-state index in [-0.39, 0.29) is 5.91 Å². The van der Waals surface area contributed by atoms with Gasteiger partial charge in [0.1, 0.15) is 5.75 Å². The normalized spacial score (nSPS) is 11.8. The molecule has 0 radical (unpaired) electrons. The van der Waals surface area contributed by atoms with E-state index in [2.05, 4.69) is 20.6 Å². The molecule has 0 aliphatic rings. The minimum atomic E-state index is -0.688. The molecule has 0 fully saturated rings. The van der Waals surface area contributed by atoms with Gasteiger partial charge in [-0.15, -0.1) is 15.3 Å². The molecule has 2 heterocycles. The van der Waals surface area contributed by atoms with Crippen LogP contribution in [0, 0.1) is 0 Å². The highest BCUT2D eigenvalue weighted by atomic mass is 32.1. The van der Waals surface area contributed by atoms with Gasteiger partial charge in [-0.1, -0.05) is 29.5 Å². The average Bonchev–Trinajstić information content (AvgIpc) is 3.34. The van der Waals surface area contributed by atoms with Crippen LogP contribution >= 0.6 is 11.3 Å². The van der Waals surface area contributed by atoms with Crippen LogP contribution in [0.5, 0.6) is 17.2 Å². The Hall–Kier alpha value is -3.66. The molecule has 1 N–H and O–H groups in total. The number of fused-ring (bicyclic) bond motifs is 1. The van der Waals surface area contributed by atoms with Crippen LogP contribution in [0.1, 0.15) is 6.92 Å². The van der Waals surface area contributed by atoms with Crippen molar-refractivity contribution in [3.05, 3.63) is 48.5 Å². The van der Waals surface area contributed by atoms with E-state index in [4.69, 9.17) is 14.2 Å². The minimum absolute atomic E-state index is 0.309. The van der Waals surface area contributed by atoms with Crippen molar-refractivity contribution in [2.24, 2.45) is 0 Å². The van der Waals surface area contributed by atoms with Gasteiger partial charge in [0.2, 0.25) is 10.1 Å². The lowest BCUT2D eigenvalue weighted by atomic mass is 10.2.